The van der Waals surface area contributed by atoms with Crippen molar-refractivity contribution in [1.29, 1.82) is 0 Å². The number of carboxylic acids is 1. The molecule has 0 heterocycles. The number of nitrogens with one attached hydrogen (secondary N) is 3. The first-order valence-corrected chi connectivity index (χ1v) is 9.82. The molecule has 0 aromatic heterocycles. The minimum absolute atomic E-state index is 0.00427. The SMILES string of the molecule is CC(C)C(N)C(=O)NC(CC(N)=O)C(=O)NC(Cc1ccc(O)cc1)C(=O)NCC(=O)O. The van der Waals surface area contributed by atoms with E-state index in [0.717, 1.165) is 0 Å². The molecule has 1 aromatic carbocycles. The minimum Gasteiger partial charge on any atom is -0.508 e. The van der Waals surface area contributed by atoms with Crippen molar-refractivity contribution in [1.82, 2.24) is 16.0 Å². The molecule has 0 saturated carbocycles. The molecule has 3 atom stereocenters. The van der Waals surface area contributed by atoms with Crippen LogP contribution in [0, 0.1) is 5.92 Å². The first kappa shape index (κ1) is 26.4. The zero-order chi connectivity index (χ0) is 24.4. The van der Waals surface area contributed by atoms with Crippen LogP contribution in [-0.4, -0.2) is 64.5 Å². The van der Waals surface area contributed by atoms with Crippen molar-refractivity contribution in [2.75, 3.05) is 6.54 Å². The minimum atomic E-state index is -1.39. The molecule has 3 unspecified atom stereocenters. The summed E-state index contributed by atoms with van der Waals surface area (Å²) < 4.78 is 0. The van der Waals surface area contributed by atoms with Gasteiger partial charge >= 0.3 is 5.97 Å². The Kier molecular flexibility index (Phi) is 10.1. The lowest BCUT2D eigenvalue weighted by molar-refractivity contribution is -0.138. The van der Waals surface area contributed by atoms with Crippen LogP contribution in [0.15, 0.2) is 24.3 Å². The van der Waals surface area contributed by atoms with Gasteiger partial charge in [0.25, 0.3) is 0 Å². The van der Waals surface area contributed by atoms with E-state index in [2.05, 4.69) is 16.0 Å². The number of aliphatic carboxylic acids is 1. The van der Waals surface area contributed by atoms with Gasteiger partial charge in [0.05, 0.1) is 12.5 Å². The van der Waals surface area contributed by atoms with Gasteiger partial charge in [-0.2, -0.15) is 0 Å². The molecule has 0 bridgehead atoms. The van der Waals surface area contributed by atoms with Gasteiger partial charge in [-0.3, -0.25) is 24.0 Å². The second-order valence-electron chi connectivity index (χ2n) is 7.54. The van der Waals surface area contributed by atoms with Gasteiger partial charge in [0.15, 0.2) is 0 Å². The maximum absolute atomic E-state index is 12.8. The van der Waals surface area contributed by atoms with Crippen molar-refractivity contribution in [2.24, 2.45) is 17.4 Å². The number of primary amides is 1. The molecule has 4 amide bonds. The normalized spacial score (nSPS) is 13.5. The van der Waals surface area contributed by atoms with Gasteiger partial charge in [0.1, 0.15) is 24.4 Å². The van der Waals surface area contributed by atoms with Crippen LogP contribution in [0.3, 0.4) is 0 Å². The van der Waals surface area contributed by atoms with Gasteiger partial charge < -0.3 is 37.6 Å². The molecule has 0 fully saturated rings. The third kappa shape index (κ3) is 9.00. The van der Waals surface area contributed by atoms with E-state index in [9.17, 15) is 29.1 Å². The average molecular weight is 451 g/mol. The summed E-state index contributed by atoms with van der Waals surface area (Å²) in [4.78, 5) is 59.7. The number of nitrogens with two attached hydrogens (primary N) is 2. The first-order chi connectivity index (χ1) is 14.9. The largest absolute Gasteiger partial charge is 0.508 e. The molecule has 0 radical (unpaired) electrons. The van der Waals surface area contributed by atoms with E-state index in [1.165, 1.54) is 24.3 Å². The highest BCUT2D eigenvalue weighted by Crippen LogP contribution is 2.12. The molecule has 32 heavy (non-hydrogen) atoms. The lowest BCUT2D eigenvalue weighted by Gasteiger charge is -2.24. The maximum atomic E-state index is 12.8. The second kappa shape index (κ2) is 12.2. The molecule has 1 aromatic rings. The predicted octanol–water partition coefficient (Wildman–Crippen LogP) is -2.04. The van der Waals surface area contributed by atoms with Crippen LogP contribution in [0.5, 0.6) is 5.75 Å². The van der Waals surface area contributed by atoms with E-state index < -0.39 is 60.7 Å². The fourth-order valence-corrected chi connectivity index (χ4v) is 2.62. The fraction of sp³-hybridized carbons (Fsp3) is 0.450. The summed E-state index contributed by atoms with van der Waals surface area (Å²) in [5.74, 6) is -4.73. The Morgan fingerprint density at radius 2 is 1.50 bits per heavy atom. The topological polar surface area (TPSA) is 214 Å². The highest BCUT2D eigenvalue weighted by atomic mass is 16.4. The molecule has 0 aliphatic carbocycles. The van der Waals surface area contributed by atoms with Gasteiger partial charge in [-0.05, 0) is 23.6 Å². The fourth-order valence-electron chi connectivity index (χ4n) is 2.62. The summed E-state index contributed by atoms with van der Waals surface area (Å²) in [5.41, 5.74) is 11.5. The molecule has 12 heteroatoms. The Bertz CT molecular complexity index is 841. The molecular formula is C20H29N5O7. The average Bonchev–Trinajstić information content (AvgIpc) is 2.71. The number of phenols is 1. The highest BCUT2D eigenvalue weighted by molar-refractivity contribution is 5.96. The molecule has 9 N–H and O–H groups in total. The number of benzene rings is 1. The summed E-state index contributed by atoms with van der Waals surface area (Å²) in [7, 11) is 0. The molecule has 12 nitrogen and oxygen atoms in total. The molecule has 176 valence electrons. The van der Waals surface area contributed by atoms with Gasteiger partial charge in [-0.1, -0.05) is 26.0 Å². The highest BCUT2D eigenvalue weighted by Gasteiger charge is 2.30. The molecule has 0 saturated heterocycles. The Labute approximate surface area is 184 Å². The first-order valence-electron chi connectivity index (χ1n) is 9.82. The van der Waals surface area contributed by atoms with E-state index in [4.69, 9.17) is 16.6 Å². The van der Waals surface area contributed by atoms with Crippen molar-refractivity contribution in [3.05, 3.63) is 29.8 Å². The zero-order valence-corrected chi connectivity index (χ0v) is 17.8. The van der Waals surface area contributed by atoms with Crippen LogP contribution in [0.25, 0.3) is 0 Å². The molecule has 0 aliphatic heterocycles. The number of hydrogen-bond donors (Lipinski definition) is 7. The number of carbonyl (C=O) groups excluding carboxylic acids is 4. The van der Waals surface area contributed by atoms with Crippen molar-refractivity contribution >= 4 is 29.6 Å². The number of phenolic OH excluding ortho intramolecular Hbond substituents is 1. The Hall–Kier alpha value is -3.67. The van der Waals surface area contributed by atoms with Crippen LogP contribution in [0.1, 0.15) is 25.8 Å². The van der Waals surface area contributed by atoms with E-state index in [-0.39, 0.29) is 18.1 Å². The van der Waals surface area contributed by atoms with Gasteiger partial charge in [-0.25, -0.2) is 0 Å². The van der Waals surface area contributed by atoms with Crippen molar-refractivity contribution in [2.45, 2.75) is 44.8 Å². The van der Waals surface area contributed by atoms with Crippen molar-refractivity contribution < 1.29 is 34.2 Å². The van der Waals surface area contributed by atoms with Crippen LogP contribution < -0.4 is 27.4 Å². The molecule has 0 spiro atoms. The quantitative estimate of drug-likeness (QED) is 0.187. The number of carbonyl (C=O) groups is 5. The van der Waals surface area contributed by atoms with E-state index >= 15 is 0 Å². The predicted molar refractivity (Wildman–Crippen MR) is 113 cm³/mol. The summed E-state index contributed by atoms with van der Waals surface area (Å²) in [5, 5.41) is 25.1. The molecule has 1 rings (SSSR count). The number of hydrogen-bond acceptors (Lipinski definition) is 7. The third-order valence-corrected chi connectivity index (χ3v) is 4.48. The number of amides is 4. The lowest BCUT2D eigenvalue weighted by Crippen LogP contribution is -2.57. The summed E-state index contributed by atoms with van der Waals surface area (Å²) in [6.07, 6.45) is -0.592. The van der Waals surface area contributed by atoms with Crippen LogP contribution in [-0.2, 0) is 30.4 Å². The summed E-state index contributed by atoms with van der Waals surface area (Å²) in [6, 6.07) is 2.23. The van der Waals surface area contributed by atoms with Crippen LogP contribution >= 0.6 is 0 Å². The van der Waals surface area contributed by atoms with Gasteiger partial charge in [0.2, 0.25) is 23.6 Å². The van der Waals surface area contributed by atoms with Crippen molar-refractivity contribution in [3.63, 3.8) is 0 Å². The maximum Gasteiger partial charge on any atom is 0.322 e. The number of carboxylic acid groups (broad SMARTS) is 1. The Morgan fingerprint density at radius 3 is 2.00 bits per heavy atom. The van der Waals surface area contributed by atoms with Gasteiger partial charge in [-0.15, -0.1) is 0 Å². The summed E-state index contributed by atoms with van der Waals surface area (Å²) in [6.45, 7) is 2.73. The second-order valence-corrected chi connectivity index (χ2v) is 7.54. The molecular weight excluding hydrogens is 422 g/mol. The van der Waals surface area contributed by atoms with Crippen molar-refractivity contribution in [3.8, 4) is 5.75 Å². The lowest BCUT2D eigenvalue weighted by atomic mass is 10.0. The number of aromatic hydroxyl groups is 1. The number of rotatable bonds is 12. The Balaban J connectivity index is 3.04. The van der Waals surface area contributed by atoms with Crippen LogP contribution in [0.2, 0.25) is 0 Å². The monoisotopic (exact) mass is 451 g/mol. The standard InChI is InChI=1S/C20H29N5O7/c1-10(2)17(22)20(32)25-14(8-15(21)27)19(31)24-13(18(30)23-9-16(28)29)7-11-3-5-12(26)6-4-11/h3-6,10,13-14,17,26H,7-9,22H2,1-2H3,(H2,21,27)(H,23,30)(H,24,31)(H,25,32)(H,28,29). The zero-order valence-electron chi connectivity index (χ0n) is 17.8. The molecule has 0 aliphatic rings. The van der Waals surface area contributed by atoms with Gasteiger partial charge in [0, 0.05) is 6.42 Å². The van der Waals surface area contributed by atoms with E-state index in [1.54, 1.807) is 13.8 Å². The smallest absolute Gasteiger partial charge is 0.322 e. The Morgan fingerprint density at radius 1 is 0.938 bits per heavy atom. The van der Waals surface area contributed by atoms with Crippen LogP contribution in [0.4, 0.5) is 0 Å². The third-order valence-electron chi connectivity index (χ3n) is 4.48. The summed E-state index contributed by atoms with van der Waals surface area (Å²) >= 11 is 0. The van der Waals surface area contributed by atoms with E-state index in [1.807, 2.05) is 0 Å². The van der Waals surface area contributed by atoms with E-state index in [0.29, 0.717) is 5.56 Å².